The Kier molecular flexibility index (Phi) is 1.26. The van der Waals surface area contributed by atoms with Gasteiger partial charge in [0.1, 0.15) is 10.4 Å². The third-order valence-electron chi connectivity index (χ3n) is 0.882. The van der Waals surface area contributed by atoms with E-state index in [4.69, 9.17) is 0 Å². The van der Waals surface area contributed by atoms with E-state index in [1.54, 1.807) is 0 Å². The summed E-state index contributed by atoms with van der Waals surface area (Å²) in [5, 5.41) is 0. The summed E-state index contributed by atoms with van der Waals surface area (Å²) in [6.45, 7) is 1.00. The van der Waals surface area contributed by atoms with Crippen molar-refractivity contribution >= 4 is 16.6 Å². The van der Waals surface area contributed by atoms with Crippen molar-refractivity contribution in [3.8, 4) is 0 Å². The summed E-state index contributed by atoms with van der Waals surface area (Å²) >= 11 is 0. The average Bonchev–Trinajstić information content (AvgIpc) is 1.69. The van der Waals surface area contributed by atoms with Crippen LogP contribution in [0.3, 0.4) is 0 Å². The molecular formula is C4H8N2Si. The van der Waals surface area contributed by atoms with Gasteiger partial charge in [0.2, 0.25) is 0 Å². The first kappa shape index (κ1) is 4.58. The van der Waals surface area contributed by atoms with E-state index in [9.17, 15) is 0 Å². The van der Waals surface area contributed by atoms with Gasteiger partial charge >= 0.3 is 0 Å². The fourth-order valence-corrected chi connectivity index (χ4v) is 0.747. The molecule has 0 atom stereocenters. The second kappa shape index (κ2) is 1.93. The van der Waals surface area contributed by atoms with Crippen molar-refractivity contribution in [2.24, 2.45) is 4.99 Å². The van der Waals surface area contributed by atoms with Crippen molar-refractivity contribution in [1.29, 1.82) is 0 Å². The van der Waals surface area contributed by atoms with Crippen LogP contribution in [0.5, 0.6) is 0 Å². The molecule has 0 unspecified atom stereocenters. The predicted molar refractivity (Wildman–Crippen MR) is 34.3 cm³/mol. The third kappa shape index (κ3) is 1.16. The molecule has 0 radical (unpaired) electrons. The van der Waals surface area contributed by atoms with Crippen LogP contribution in [0.15, 0.2) is 17.4 Å². The number of nitrogens with zero attached hydrogens (tertiary/aromatic N) is 2. The van der Waals surface area contributed by atoms with Gasteiger partial charge in [0, 0.05) is 25.2 Å². The molecule has 0 spiro atoms. The summed E-state index contributed by atoms with van der Waals surface area (Å²) in [7, 11) is 1.11. The third-order valence-corrected chi connectivity index (χ3v) is 1.55. The Morgan fingerprint density at radius 2 is 2.57 bits per heavy atom. The van der Waals surface area contributed by atoms with Crippen molar-refractivity contribution in [3.63, 3.8) is 0 Å². The van der Waals surface area contributed by atoms with Gasteiger partial charge < -0.3 is 4.57 Å². The lowest BCUT2D eigenvalue weighted by molar-refractivity contribution is 0.691. The lowest BCUT2D eigenvalue weighted by Crippen LogP contribution is -2.16. The maximum Gasteiger partial charge on any atom is 0.107 e. The molecule has 0 saturated heterocycles. The van der Waals surface area contributed by atoms with Crippen LogP contribution < -0.4 is 0 Å². The first-order valence-corrected chi connectivity index (χ1v) is 3.17. The van der Waals surface area contributed by atoms with E-state index in [0.29, 0.717) is 0 Å². The zero-order chi connectivity index (χ0) is 5.11. The monoisotopic (exact) mass is 112 g/mol. The van der Waals surface area contributed by atoms with Gasteiger partial charge in [-0.25, -0.2) is 0 Å². The molecule has 1 aliphatic heterocycles. The first-order chi connectivity index (χ1) is 3.39. The molecule has 0 aromatic carbocycles. The minimum Gasteiger partial charge on any atom is -0.406 e. The summed E-state index contributed by atoms with van der Waals surface area (Å²) in [6.07, 6.45) is 5.73. The predicted octanol–water partition coefficient (Wildman–Crippen LogP) is -0.876. The van der Waals surface area contributed by atoms with E-state index in [0.717, 1.165) is 16.9 Å². The van der Waals surface area contributed by atoms with Gasteiger partial charge in [-0.05, 0) is 0 Å². The molecule has 0 fully saturated rings. The zero-order valence-corrected chi connectivity index (χ0v) is 6.33. The average molecular weight is 112 g/mol. The SMILES string of the molecule is [SiH3]N1C=CN=CC1. The van der Waals surface area contributed by atoms with E-state index >= 15 is 0 Å². The molecule has 0 saturated carbocycles. The number of rotatable bonds is 0. The number of hydrogen-bond acceptors (Lipinski definition) is 2. The summed E-state index contributed by atoms with van der Waals surface area (Å²) in [5.41, 5.74) is 0. The fourth-order valence-electron chi connectivity index (χ4n) is 0.450. The van der Waals surface area contributed by atoms with Gasteiger partial charge in [0.05, 0.1) is 0 Å². The minimum atomic E-state index is 1.00. The van der Waals surface area contributed by atoms with E-state index in [1.165, 1.54) is 0 Å². The molecule has 7 heavy (non-hydrogen) atoms. The van der Waals surface area contributed by atoms with E-state index in [2.05, 4.69) is 9.56 Å². The summed E-state index contributed by atoms with van der Waals surface area (Å²) in [4.78, 5) is 3.90. The highest BCUT2D eigenvalue weighted by Crippen LogP contribution is 1.86. The molecule has 0 N–H and O–H groups in total. The molecular weight excluding hydrogens is 104 g/mol. The maximum atomic E-state index is 3.90. The van der Waals surface area contributed by atoms with Gasteiger partial charge in [-0.2, -0.15) is 0 Å². The molecule has 0 aromatic rings. The second-order valence-corrected chi connectivity index (χ2v) is 2.72. The molecule has 0 aromatic heterocycles. The van der Waals surface area contributed by atoms with Crippen LogP contribution in [0, 0.1) is 0 Å². The Bertz CT molecular complexity index is 108. The van der Waals surface area contributed by atoms with Crippen LogP contribution in [0.1, 0.15) is 0 Å². The maximum absolute atomic E-state index is 3.90. The normalized spacial score (nSPS) is 18.6. The van der Waals surface area contributed by atoms with Crippen molar-refractivity contribution in [2.75, 3.05) is 6.54 Å². The molecule has 0 amide bonds. The quantitative estimate of drug-likeness (QED) is 0.372. The van der Waals surface area contributed by atoms with Crippen LogP contribution in [0.4, 0.5) is 0 Å². The molecule has 0 bridgehead atoms. The van der Waals surface area contributed by atoms with Crippen LogP contribution in [0.25, 0.3) is 0 Å². The van der Waals surface area contributed by atoms with Crippen molar-refractivity contribution in [3.05, 3.63) is 12.4 Å². The van der Waals surface area contributed by atoms with Crippen molar-refractivity contribution in [2.45, 2.75) is 0 Å². The summed E-state index contributed by atoms with van der Waals surface area (Å²) in [5.74, 6) is 0. The Morgan fingerprint density at radius 1 is 1.71 bits per heavy atom. The molecule has 1 rings (SSSR count). The Labute approximate surface area is 46.0 Å². The van der Waals surface area contributed by atoms with E-state index in [1.807, 2.05) is 18.6 Å². The molecule has 0 aliphatic carbocycles. The lowest BCUT2D eigenvalue weighted by atomic mass is 10.6. The number of hydrogen-bond donors (Lipinski definition) is 0. The highest BCUT2D eigenvalue weighted by Gasteiger charge is 1.86. The minimum absolute atomic E-state index is 1.00. The zero-order valence-electron chi connectivity index (χ0n) is 4.33. The van der Waals surface area contributed by atoms with Crippen LogP contribution in [-0.4, -0.2) is 27.7 Å². The Morgan fingerprint density at radius 3 is 2.86 bits per heavy atom. The molecule has 1 aliphatic rings. The highest BCUT2D eigenvalue weighted by atomic mass is 28.2. The molecule has 2 nitrogen and oxygen atoms in total. The molecule has 3 heteroatoms. The largest absolute Gasteiger partial charge is 0.406 e. The first-order valence-electron chi connectivity index (χ1n) is 2.28. The van der Waals surface area contributed by atoms with Crippen molar-refractivity contribution in [1.82, 2.24) is 4.57 Å². The lowest BCUT2D eigenvalue weighted by Gasteiger charge is -2.11. The van der Waals surface area contributed by atoms with E-state index in [-0.39, 0.29) is 0 Å². The summed E-state index contributed by atoms with van der Waals surface area (Å²) < 4.78 is 2.20. The van der Waals surface area contributed by atoms with Gasteiger partial charge in [-0.15, -0.1) is 0 Å². The van der Waals surface area contributed by atoms with Gasteiger partial charge in [-0.3, -0.25) is 4.99 Å². The molecule has 1 heterocycles. The van der Waals surface area contributed by atoms with Crippen LogP contribution in [0.2, 0.25) is 0 Å². The highest BCUT2D eigenvalue weighted by molar-refractivity contribution is 6.06. The summed E-state index contributed by atoms with van der Waals surface area (Å²) in [6, 6.07) is 0. The number of aliphatic imine (C=N–C) groups is 1. The fraction of sp³-hybridized carbons (Fsp3) is 0.250. The molecule has 38 valence electrons. The van der Waals surface area contributed by atoms with Gasteiger partial charge in [0.15, 0.2) is 0 Å². The van der Waals surface area contributed by atoms with Crippen molar-refractivity contribution < 1.29 is 0 Å². The second-order valence-electron chi connectivity index (χ2n) is 1.57. The van der Waals surface area contributed by atoms with Crippen LogP contribution in [-0.2, 0) is 0 Å². The smallest absolute Gasteiger partial charge is 0.107 e. The Balaban J connectivity index is 2.49. The van der Waals surface area contributed by atoms with Crippen LogP contribution >= 0.6 is 0 Å². The Hall–Kier alpha value is -0.573. The van der Waals surface area contributed by atoms with Gasteiger partial charge in [-0.1, -0.05) is 0 Å². The van der Waals surface area contributed by atoms with Gasteiger partial charge in [0.25, 0.3) is 0 Å². The standard InChI is InChI=1S/C4H8N2Si/c7-6-3-1-5-2-4-6/h1-3H,4H2,7H3. The topological polar surface area (TPSA) is 15.6 Å². The van der Waals surface area contributed by atoms with E-state index < -0.39 is 0 Å².